The molecule has 0 spiro atoms. The van der Waals surface area contributed by atoms with Crippen LogP contribution in [0.3, 0.4) is 0 Å². The fourth-order valence-corrected chi connectivity index (χ4v) is 3.94. The molecule has 0 aliphatic carbocycles. The van der Waals surface area contributed by atoms with Gasteiger partial charge in [0, 0.05) is 23.8 Å². The van der Waals surface area contributed by atoms with Crippen LogP contribution in [0, 0.1) is 33.5 Å². The van der Waals surface area contributed by atoms with Crippen LogP contribution >= 0.6 is 0 Å². The van der Waals surface area contributed by atoms with Gasteiger partial charge in [0.1, 0.15) is 17.9 Å². The molecule has 0 atom stereocenters. The average Bonchev–Trinajstić information content (AvgIpc) is 2.93. The van der Waals surface area contributed by atoms with Gasteiger partial charge in [0.15, 0.2) is 0 Å². The van der Waals surface area contributed by atoms with Gasteiger partial charge in [-0.05, 0) is 62.6 Å². The first kappa shape index (κ1) is 19.2. The van der Waals surface area contributed by atoms with Crippen LogP contribution in [-0.2, 0) is 13.2 Å². The maximum atomic E-state index is 13.3. The van der Waals surface area contributed by atoms with E-state index >= 15 is 0 Å². The quantitative estimate of drug-likeness (QED) is 0.417. The Labute approximate surface area is 170 Å². The van der Waals surface area contributed by atoms with E-state index in [1.807, 2.05) is 18.2 Å². The minimum atomic E-state index is -0.224. The maximum absolute atomic E-state index is 13.3. The van der Waals surface area contributed by atoms with Crippen molar-refractivity contribution in [3.63, 3.8) is 0 Å². The molecular formula is C25H25FN2O. The zero-order valence-corrected chi connectivity index (χ0v) is 17.3. The molecule has 0 aliphatic heterocycles. The van der Waals surface area contributed by atoms with E-state index in [0.29, 0.717) is 19.0 Å². The van der Waals surface area contributed by atoms with Crippen molar-refractivity contribution in [3.8, 4) is 5.88 Å². The van der Waals surface area contributed by atoms with Gasteiger partial charge >= 0.3 is 0 Å². The fourth-order valence-electron chi connectivity index (χ4n) is 3.94. The van der Waals surface area contributed by atoms with Gasteiger partial charge in [0.25, 0.3) is 0 Å². The summed E-state index contributed by atoms with van der Waals surface area (Å²) in [6, 6.07) is 15.1. The van der Waals surface area contributed by atoms with Gasteiger partial charge in [0.05, 0.1) is 0 Å². The van der Waals surface area contributed by atoms with Crippen molar-refractivity contribution in [3.05, 3.63) is 94.1 Å². The van der Waals surface area contributed by atoms with Gasteiger partial charge < -0.3 is 9.30 Å². The monoisotopic (exact) mass is 388 g/mol. The van der Waals surface area contributed by atoms with E-state index in [1.54, 1.807) is 6.20 Å². The SMILES string of the molecule is Cc1cc(C)cc(COc2nccc3c(C)c(C)n(Cc4ccc(F)cc4)c23)c1. The summed E-state index contributed by atoms with van der Waals surface area (Å²) in [5, 5.41) is 1.13. The number of aryl methyl sites for hydroxylation is 3. The number of fused-ring (bicyclic) bond motifs is 1. The summed E-state index contributed by atoms with van der Waals surface area (Å²) < 4.78 is 21.7. The molecule has 4 rings (SSSR count). The first-order valence-electron chi connectivity index (χ1n) is 9.81. The Hall–Kier alpha value is -3.14. The number of aromatic nitrogens is 2. The number of benzene rings is 2. The summed E-state index contributed by atoms with van der Waals surface area (Å²) in [4.78, 5) is 4.53. The van der Waals surface area contributed by atoms with Gasteiger partial charge in [-0.15, -0.1) is 0 Å². The van der Waals surface area contributed by atoms with Crippen molar-refractivity contribution in [1.29, 1.82) is 0 Å². The number of hydrogen-bond acceptors (Lipinski definition) is 2. The lowest BCUT2D eigenvalue weighted by Crippen LogP contribution is -2.05. The molecule has 3 nitrogen and oxygen atoms in total. The van der Waals surface area contributed by atoms with E-state index in [9.17, 15) is 4.39 Å². The van der Waals surface area contributed by atoms with Crippen molar-refractivity contribution < 1.29 is 9.13 Å². The molecule has 4 aromatic rings. The van der Waals surface area contributed by atoms with Gasteiger partial charge in [-0.1, -0.05) is 41.5 Å². The minimum absolute atomic E-state index is 0.224. The van der Waals surface area contributed by atoms with Crippen LogP contribution in [0.1, 0.15) is 33.5 Å². The van der Waals surface area contributed by atoms with Crippen LogP contribution in [0.2, 0.25) is 0 Å². The molecule has 2 aromatic heterocycles. The molecule has 2 heterocycles. The molecule has 0 amide bonds. The molecule has 0 saturated heterocycles. The highest BCUT2D eigenvalue weighted by molar-refractivity contribution is 5.89. The smallest absolute Gasteiger partial charge is 0.238 e. The number of halogens is 1. The Balaban J connectivity index is 1.72. The van der Waals surface area contributed by atoms with Crippen LogP contribution in [0.5, 0.6) is 5.88 Å². The highest BCUT2D eigenvalue weighted by Gasteiger charge is 2.17. The van der Waals surface area contributed by atoms with Gasteiger partial charge in [0.2, 0.25) is 5.88 Å². The zero-order valence-electron chi connectivity index (χ0n) is 17.3. The van der Waals surface area contributed by atoms with Gasteiger partial charge in [-0.25, -0.2) is 9.37 Å². The van der Waals surface area contributed by atoms with Gasteiger partial charge in [-0.2, -0.15) is 0 Å². The lowest BCUT2D eigenvalue weighted by molar-refractivity contribution is 0.296. The van der Waals surface area contributed by atoms with Crippen LogP contribution in [0.25, 0.3) is 10.9 Å². The summed E-state index contributed by atoms with van der Waals surface area (Å²) >= 11 is 0. The molecule has 148 valence electrons. The van der Waals surface area contributed by atoms with E-state index in [-0.39, 0.29) is 5.82 Å². The molecule has 0 radical (unpaired) electrons. The number of ether oxygens (including phenoxy) is 1. The Morgan fingerprint density at radius 2 is 1.59 bits per heavy atom. The molecule has 4 heteroatoms. The largest absolute Gasteiger partial charge is 0.471 e. The Bertz CT molecular complexity index is 1160. The predicted molar refractivity (Wildman–Crippen MR) is 115 cm³/mol. The molecule has 29 heavy (non-hydrogen) atoms. The van der Waals surface area contributed by atoms with Crippen molar-refractivity contribution in [1.82, 2.24) is 9.55 Å². The number of rotatable bonds is 5. The van der Waals surface area contributed by atoms with Crippen molar-refractivity contribution >= 4 is 10.9 Å². The lowest BCUT2D eigenvalue weighted by Gasteiger charge is -2.13. The van der Waals surface area contributed by atoms with Crippen LogP contribution in [-0.4, -0.2) is 9.55 Å². The normalized spacial score (nSPS) is 11.2. The Morgan fingerprint density at radius 1 is 0.897 bits per heavy atom. The molecule has 2 aromatic carbocycles. The third-order valence-corrected chi connectivity index (χ3v) is 5.42. The topological polar surface area (TPSA) is 27.1 Å². The number of nitrogens with zero attached hydrogens (tertiary/aromatic N) is 2. The van der Waals surface area contributed by atoms with Crippen molar-refractivity contribution in [2.45, 2.75) is 40.8 Å². The highest BCUT2D eigenvalue weighted by atomic mass is 19.1. The van der Waals surface area contributed by atoms with E-state index in [0.717, 1.165) is 27.7 Å². The third-order valence-electron chi connectivity index (χ3n) is 5.42. The molecule has 0 bridgehead atoms. The summed E-state index contributed by atoms with van der Waals surface area (Å²) in [5.41, 5.74) is 7.97. The van der Waals surface area contributed by atoms with E-state index in [1.165, 1.54) is 28.8 Å². The number of hydrogen-bond donors (Lipinski definition) is 0. The maximum Gasteiger partial charge on any atom is 0.238 e. The fraction of sp³-hybridized carbons (Fsp3) is 0.240. The van der Waals surface area contributed by atoms with E-state index in [4.69, 9.17) is 4.74 Å². The standard InChI is InChI=1S/C25H25FN2O/c1-16-11-17(2)13-21(12-16)15-29-25-24-23(9-10-27-25)18(3)19(4)28(24)14-20-5-7-22(26)8-6-20/h5-13H,14-15H2,1-4H3. The molecular weight excluding hydrogens is 363 g/mol. The van der Waals surface area contributed by atoms with Gasteiger partial charge in [-0.3, -0.25) is 0 Å². The first-order valence-corrected chi connectivity index (χ1v) is 9.81. The summed E-state index contributed by atoms with van der Waals surface area (Å²) in [7, 11) is 0. The Morgan fingerprint density at radius 3 is 2.28 bits per heavy atom. The zero-order chi connectivity index (χ0) is 20.5. The summed E-state index contributed by atoms with van der Waals surface area (Å²) in [6.45, 7) is 9.52. The molecule has 0 aliphatic rings. The second-order valence-electron chi connectivity index (χ2n) is 7.72. The molecule has 0 unspecified atom stereocenters. The van der Waals surface area contributed by atoms with Crippen LogP contribution in [0.4, 0.5) is 4.39 Å². The third kappa shape index (κ3) is 3.88. The predicted octanol–water partition coefficient (Wildman–Crippen LogP) is 6.04. The van der Waals surface area contributed by atoms with E-state index in [2.05, 4.69) is 55.4 Å². The second-order valence-corrected chi connectivity index (χ2v) is 7.72. The highest BCUT2D eigenvalue weighted by Crippen LogP contribution is 2.32. The van der Waals surface area contributed by atoms with E-state index < -0.39 is 0 Å². The molecule has 0 fully saturated rings. The van der Waals surface area contributed by atoms with Crippen LogP contribution < -0.4 is 4.74 Å². The van der Waals surface area contributed by atoms with Crippen LogP contribution in [0.15, 0.2) is 54.7 Å². The second kappa shape index (κ2) is 7.70. The first-order chi connectivity index (χ1) is 13.9. The van der Waals surface area contributed by atoms with Crippen molar-refractivity contribution in [2.75, 3.05) is 0 Å². The van der Waals surface area contributed by atoms with Crippen molar-refractivity contribution in [2.24, 2.45) is 0 Å². The molecule has 0 saturated carbocycles. The Kier molecular flexibility index (Phi) is 5.10. The molecule has 0 N–H and O–H groups in total. The summed E-state index contributed by atoms with van der Waals surface area (Å²) in [5.74, 6) is 0.401. The summed E-state index contributed by atoms with van der Waals surface area (Å²) in [6.07, 6.45) is 1.80. The number of pyridine rings is 1. The lowest BCUT2D eigenvalue weighted by atomic mass is 10.1. The minimum Gasteiger partial charge on any atom is -0.471 e. The average molecular weight is 388 g/mol.